The molecule has 2 aliphatic rings. The standard InChI is InChI=1S/C19H28N2O3/c22-13-3-9-20(10-8-19(23)21-11-14-24-15-12-21)18-7-6-16-4-1-2-5-17(16)18/h1-2,4-5,18,22H,3,6-15H2. The fourth-order valence-electron chi connectivity index (χ4n) is 3.82. The molecule has 1 heterocycles. The molecule has 132 valence electrons. The van der Waals surface area contributed by atoms with Gasteiger partial charge in [0.2, 0.25) is 5.91 Å². The van der Waals surface area contributed by atoms with Gasteiger partial charge in [0, 0.05) is 45.2 Å². The molecule has 1 atom stereocenters. The maximum atomic E-state index is 12.4. The van der Waals surface area contributed by atoms with Crippen molar-refractivity contribution in [2.75, 3.05) is 46.0 Å². The molecule has 1 aliphatic carbocycles. The first kappa shape index (κ1) is 17.4. The third kappa shape index (κ3) is 4.15. The molecule has 0 spiro atoms. The second-order valence-corrected chi connectivity index (χ2v) is 6.61. The largest absolute Gasteiger partial charge is 0.396 e. The number of aliphatic hydroxyl groups excluding tert-OH is 1. The van der Waals surface area contributed by atoms with E-state index in [2.05, 4.69) is 29.2 Å². The van der Waals surface area contributed by atoms with Crippen molar-refractivity contribution in [1.82, 2.24) is 9.80 Å². The minimum atomic E-state index is 0.197. The van der Waals surface area contributed by atoms with Crippen LogP contribution in [0.3, 0.4) is 0 Å². The van der Waals surface area contributed by atoms with Crippen LogP contribution in [-0.2, 0) is 16.0 Å². The van der Waals surface area contributed by atoms with Crippen LogP contribution >= 0.6 is 0 Å². The van der Waals surface area contributed by atoms with Gasteiger partial charge in [-0.25, -0.2) is 0 Å². The summed E-state index contributed by atoms with van der Waals surface area (Å²) in [5, 5.41) is 9.22. The molecule has 1 unspecified atom stereocenters. The predicted molar refractivity (Wildman–Crippen MR) is 92.8 cm³/mol. The lowest BCUT2D eigenvalue weighted by molar-refractivity contribution is -0.135. The fraction of sp³-hybridized carbons (Fsp3) is 0.632. The second kappa shape index (κ2) is 8.60. The van der Waals surface area contributed by atoms with Crippen molar-refractivity contribution in [3.8, 4) is 0 Å². The molecule has 3 rings (SSSR count). The molecule has 0 radical (unpaired) electrons. The maximum Gasteiger partial charge on any atom is 0.224 e. The van der Waals surface area contributed by atoms with E-state index in [9.17, 15) is 9.90 Å². The molecular weight excluding hydrogens is 304 g/mol. The highest BCUT2D eigenvalue weighted by Gasteiger charge is 2.28. The number of rotatable bonds is 7. The quantitative estimate of drug-likeness (QED) is 0.824. The van der Waals surface area contributed by atoms with Crippen molar-refractivity contribution >= 4 is 5.91 Å². The van der Waals surface area contributed by atoms with Crippen molar-refractivity contribution in [2.24, 2.45) is 0 Å². The topological polar surface area (TPSA) is 53.0 Å². The minimum Gasteiger partial charge on any atom is -0.396 e. The molecular formula is C19H28N2O3. The molecule has 1 aromatic carbocycles. The number of ether oxygens (including phenoxy) is 1. The molecule has 5 nitrogen and oxygen atoms in total. The summed E-state index contributed by atoms with van der Waals surface area (Å²) >= 11 is 0. The molecule has 1 N–H and O–H groups in total. The fourth-order valence-corrected chi connectivity index (χ4v) is 3.82. The highest BCUT2D eigenvalue weighted by atomic mass is 16.5. The summed E-state index contributed by atoms with van der Waals surface area (Å²) in [6.45, 7) is 4.51. The van der Waals surface area contributed by atoms with E-state index in [4.69, 9.17) is 4.74 Å². The highest BCUT2D eigenvalue weighted by molar-refractivity contribution is 5.76. The van der Waals surface area contributed by atoms with Crippen LogP contribution in [0.15, 0.2) is 24.3 Å². The number of amides is 1. The van der Waals surface area contributed by atoms with Gasteiger partial charge in [0.15, 0.2) is 0 Å². The Morgan fingerprint density at radius 2 is 2.04 bits per heavy atom. The third-order valence-corrected chi connectivity index (χ3v) is 5.12. The van der Waals surface area contributed by atoms with E-state index in [0.717, 1.165) is 32.4 Å². The molecule has 1 fully saturated rings. The van der Waals surface area contributed by atoms with Crippen LogP contribution in [0.5, 0.6) is 0 Å². The van der Waals surface area contributed by atoms with Crippen LogP contribution in [0.4, 0.5) is 0 Å². The van der Waals surface area contributed by atoms with Gasteiger partial charge in [0.05, 0.1) is 13.2 Å². The Labute approximate surface area is 144 Å². The first-order valence-corrected chi connectivity index (χ1v) is 9.08. The molecule has 0 bridgehead atoms. The monoisotopic (exact) mass is 332 g/mol. The maximum absolute atomic E-state index is 12.4. The Bertz CT molecular complexity index is 543. The van der Waals surface area contributed by atoms with Gasteiger partial charge in [-0.15, -0.1) is 0 Å². The predicted octanol–water partition coefficient (Wildman–Crippen LogP) is 1.61. The molecule has 5 heteroatoms. The lowest BCUT2D eigenvalue weighted by atomic mass is 10.1. The smallest absolute Gasteiger partial charge is 0.224 e. The Hall–Kier alpha value is -1.43. The van der Waals surface area contributed by atoms with E-state index >= 15 is 0 Å². The number of aliphatic hydroxyl groups is 1. The van der Waals surface area contributed by atoms with Gasteiger partial charge in [0.25, 0.3) is 0 Å². The van der Waals surface area contributed by atoms with Gasteiger partial charge >= 0.3 is 0 Å². The number of nitrogens with zero attached hydrogens (tertiary/aromatic N) is 2. The van der Waals surface area contributed by atoms with Crippen LogP contribution in [0.2, 0.25) is 0 Å². The van der Waals surface area contributed by atoms with Crippen LogP contribution < -0.4 is 0 Å². The summed E-state index contributed by atoms with van der Waals surface area (Å²) < 4.78 is 5.32. The summed E-state index contributed by atoms with van der Waals surface area (Å²) in [6.07, 6.45) is 3.51. The van der Waals surface area contributed by atoms with Crippen molar-refractivity contribution in [3.05, 3.63) is 35.4 Å². The van der Waals surface area contributed by atoms with E-state index < -0.39 is 0 Å². The van der Waals surface area contributed by atoms with Crippen molar-refractivity contribution in [3.63, 3.8) is 0 Å². The average molecular weight is 332 g/mol. The van der Waals surface area contributed by atoms with E-state index in [1.54, 1.807) is 0 Å². The van der Waals surface area contributed by atoms with Gasteiger partial charge in [0.1, 0.15) is 0 Å². The zero-order valence-corrected chi connectivity index (χ0v) is 14.3. The number of aryl methyl sites for hydroxylation is 1. The lowest BCUT2D eigenvalue weighted by Gasteiger charge is -2.31. The number of carbonyl (C=O) groups is 1. The molecule has 0 aromatic heterocycles. The third-order valence-electron chi connectivity index (χ3n) is 5.12. The molecule has 0 saturated carbocycles. The summed E-state index contributed by atoms with van der Waals surface area (Å²) in [4.78, 5) is 16.7. The highest BCUT2D eigenvalue weighted by Crippen LogP contribution is 2.35. The van der Waals surface area contributed by atoms with Crippen LogP contribution in [0.1, 0.15) is 36.4 Å². The van der Waals surface area contributed by atoms with Crippen LogP contribution in [0, 0.1) is 0 Å². The van der Waals surface area contributed by atoms with Crippen molar-refractivity contribution in [1.29, 1.82) is 0 Å². The summed E-state index contributed by atoms with van der Waals surface area (Å²) in [5.41, 5.74) is 2.82. The molecule has 1 saturated heterocycles. The van der Waals surface area contributed by atoms with E-state index in [0.29, 0.717) is 38.8 Å². The number of hydrogen-bond acceptors (Lipinski definition) is 4. The van der Waals surface area contributed by atoms with Crippen LogP contribution in [0.25, 0.3) is 0 Å². The van der Waals surface area contributed by atoms with Crippen molar-refractivity contribution < 1.29 is 14.6 Å². The minimum absolute atomic E-state index is 0.197. The van der Waals surface area contributed by atoms with Gasteiger partial charge < -0.3 is 14.7 Å². The van der Waals surface area contributed by atoms with E-state index in [-0.39, 0.29) is 12.5 Å². The Morgan fingerprint density at radius 1 is 1.25 bits per heavy atom. The number of morpholine rings is 1. The van der Waals surface area contributed by atoms with Gasteiger partial charge in [-0.05, 0) is 30.4 Å². The summed E-state index contributed by atoms with van der Waals surface area (Å²) in [5.74, 6) is 0.221. The Kier molecular flexibility index (Phi) is 6.24. The molecule has 1 amide bonds. The Morgan fingerprint density at radius 3 is 2.83 bits per heavy atom. The second-order valence-electron chi connectivity index (χ2n) is 6.61. The number of fused-ring (bicyclic) bond motifs is 1. The number of carbonyl (C=O) groups excluding carboxylic acids is 1. The Balaban J connectivity index is 1.61. The molecule has 24 heavy (non-hydrogen) atoms. The van der Waals surface area contributed by atoms with Crippen molar-refractivity contribution in [2.45, 2.75) is 31.7 Å². The van der Waals surface area contributed by atoms with Crippen LogP contribution in [-0.4, -0.2) is 66.8 Å². The normalized spacial score (nSPS) is 20.4. The number of benzene rings is 1. The SMILES string of the molecule is O=C(CCN(CCCO)C1CCc2ccccc21)N1CCOCC1. The summed E-state index contributed by atoms with van der Waals surface area (Å²) in [6, 6.07) is 8.99. The lowest BCUT2D eigenvalue weighted by Crippen LogP contribution is -2.42. The first-order valence-electron chi connectivity index (χ1n) is 9.08. The summed E-state index contributed by atoms with van der Waals surface area (Å²) in [7, 11) is 0. The van der Waals surface area contributed by atoms with Gasteiger partial charge in [-0.3, -0.25) is 9.69 Å². The zero-order chi connectivity index (χ0) is 16.8. The van der Waals surface area contributed by atoms with E-state index in [1.807, 2.05) is 4.90 Å². The van der Waals surface area contributed by atoms with Gasteiger partial charge in [-0.1, -0.05) is 24.3 Å². The first-order chi connectivity index (χ1) is 11.8. The zero-order valence-electron chi connectivity index (χ0n) is 14.3. The van der Waals surface area contributed by atoms with Gasteiger partial charge in [-0.2, -0.15) is 0 Å². The molecule has 1 aromatic rings. The average Bonchev–Trinajstić information content (AvgIpc) is 3.06. The van der Waals surface area contributed by atoms with E-state index in [1.165, 1.54) is 11.1 Å². The number of hydrogen-bond donors (Lipinski definition) is 1. The molecule has 1 aliphatic heterocycles.